The summed E-state index contributed by atoms with van der Waals surface area (Å²) in [6.07, 6.45) is 3.15. The summed E-state index contributed by atoms with van der Waals surface area (Å²) in [5.41, 5.74) is 2.56. The summed E-state index contributed by atoms with van der Waals surface area (Å²) >= 11 is 0. The first-order chi connectivity index (χ1) is 12.9. The maximum absolute atomic E-state index is 9.73. The Morgan fingerprint density at radius 1 is 1.14 bits per heavy atom. The Morgan fingerprint density at radius 2 is 1.89 bits per heavy atom. The Hall–Kier alpha value is -1.75. The van der Waals surface area contributed by atoms with Crippen LogP contribution in [0.15, 0.2) is 48.5 Å². The molecular weight excluding hydrogens is 374 g/mol. The number of hydrogen-bond donors (Lipinski definition) is 2. The number of rotatable bonds is 7. The average Bonchev–Trinajstić information content (AvgIpc) is 2.66. The Balaban J connectivity index is 0.00000280. The Labute approximate surface area is 174 Å². The number of benzene rings is 2. The first kappa shape index (κ1) is 22.5. The van der Waals surface area contributed by atoms with Gasteiger partial charge in [0.05, 0.1) is 12.7 Å². The summed E-state index contributed by atoms with van der Waals surface area (Å²) in [5.74, 6) is 0.690. The van der Waals surface area contributed by atoms with Crippen LogP contribution in [0.3, 0.4) is 0 Å². The first-order valence-corrected chi connectivity index (χ1v) is 9.70. The lowest BCUT2D eigenvalue weighted by molar-refractivity contribution is -0.0840. The number of nitrogens with one attached hydrogen (secondary N) is 1. The fourth-order valence-corrected chi connectivity index (χ4v) is 4.27. The molecule has 3 rings (SSSR count). The van der Waals surface area contributed by atoms with Gasteiger partial charge in [0.2, 0.25) is 0 Å². The van der Waals surface area contributed by atoms with Crippen LogP contribution in [0, 0.1) is 0 Å². The minimum atomic E-state index is -0.0988. The van der Waals surface area contributed by atoms with E-state index in [1.54, 1.807) is 13.2 Å². The molecule has 0 aromatic heterocycles. The van der Waals surface area contributed by atoms with Gasteiger partial charge in [0.15, 0.2) is 11.5 Å². The van der Waals surface area contributed by atoms with Gasteiger partial charge in [0, 0.05) is 18.6 Å². The average molecular weight is 406 g/mol. The van der Waals surface area contributed by atoms with Gasteiger partial charge < -0.3 is 19.9 Å². The minimum Gasteiger partial charge on any atom is -0.504 e. The smallest absolute Gasteiger partial charge is 0.160 e. The van der Waals surface area contributed by atoms with Crippen molar-refractivity contribution in [3.63, 3.8) is 0 Å². The molecule has 0 spiro atoms. The molecule has 1 heterocycles. The molecule has 0 saturated carbocycles. The van der Waals surface area contributed by atoms with Gasteiger partial charge >= 0.3 is 0 Å². The molecule has 2 aromatic rings. The molecule has 0 aliphatic carbocycles. The van der Waals surface area contributed by atoms with Crippen molar-refractivity contribution >= 4 is 12.4 Å². The number of hydrogen-bond acceptors (Lipinski definition) is 4. The van der Waals surface area contributed by atoms with E-state index in [0.29, 0.717) is 5.75 Å². The van der Waals surface area contributed by atoms with Crippen LogP contribution in [0.1, 0.15) is 44.2 Å². The van der Waals surface area contributed by atoms with Gasteiger partial charge in [0.1, 0.15) is 0 Å². The SMILES string of the molecule is COc1cc(CNCCC2(c3ccccc3)CCOC(C)(C)C2)ccc1O.Cl. The summed E-state index contributed by atoms with van der Waals surface area (Å²) in [6, 6.07) is 16.4. The van der Waals surface area contributed by atoms with Crippen LogP contribution >= 0.6 is 12.4 Å². The van der Waals surface area contributed by atoms with Gasteiger partial charge in [-0.05, 0) is 62.9 Å². The molecule has 154 valence electrons. The van der Waals surface area contributed by atoms with Crippen molar-refractivity contribution in [2.75, 3.05) is 20.3 Å². The molecule has 5 heteroatoms. The molecule has 1 saturated heterocycles. The van der Waals surface area contributed by atoms with Gasteiger partial charge in [0.25, 0.3) is 0 Å². The fraction of sp³-hybridized carbons (Fsp3) is 0.478. The van der Waals surface area contributed by atoms with Crippen molar-refractivity contribution in [2.24, 2.45) is 0 Å². The molecule has 0 bridgehead atoms. The Bertz CT molecular complexity index is 751. The van der Waals surface area contributed by atoms with Crippen molar-refractivity contribution in [2.45, 2.75) is 50.7 Å². The third-order valence-corrected chi connectivity index (χ3v) is 5.58. The highest BCUT2D eigenvalue weighted by Gasteiger charge is 2.41. The van der Waals surface area contributed by atoms with Gasteiger partial charge in [-0.3, -0.25) is 0 Å². The summed E-state index contributed by atoms with van der Waals surface area (Å²) in [4.78, 5) is 0. The second kappa shape index (κ2) is 9.64. The Kier molecular flexibility index (Phi) is 7.76. The number of methoxy groups -OCH3 is 1. The molecule has 4 nitrogen and oxygen atoms in total. The zero-order valence-electron chi connectivity index (χ0n) is 17.0. The van der Waals surface area contributed by atoms with Crippen LogP contribution in [-0.2, 0) is 16.7 Å². The molecule has 0 radical (unpaired) electrons. The van der Waals surface area contributed by atoms with Crippen molar-refractivity contribution in [3.8, 4) is 11.5 Å². The summed E-state index contributed by atoms with van der Waals surface area (Å²) in [6.45, 7) is 6.87. The molecular formula is C23H32ClNO3. The summed E-state index contributed by atoms with van der Waals surface area (Å²) < 4.78 is 11.2. The summed E-state index contributed by atoms with van der Waals surface area (Å²) in [5, 5.41) is 13.3. The molecule has 0 amide bonds. The van der Waals surface area contributed by atoms with Crippen LogP contribution in [0.4, 0.5) is 0 Å². The molecule has 1 aliphatic heterocycles. The van der Waals surface area contributed by atoms with Crippen molar-refractivity contribution in [1.29, 1.82) is 0 Å². The normalized spacial score (nSPS) is 21.0. The number of aromatic hydroxyl groups is 1. The zero-order valence-corrected chi connectivity index (χ0v) is 17.8. The molecule has 1 atom stereocenters. The number of phenolic OH excluding ortho intramolecular Hbond substituents is 1. The monoisotopic (exact) mass is 405 g/mol. The van der Waals surface area contributed by atoms with E-state index in [0.717, 1.165) is 44.5 Å². The van der Waals surface area contributed by atoms with Crippen LogP contribution in [0.5, 0.6) is 11.5 Å². The van der Waals surface area contributed by atoms with Crippen LogP contribution in [0.2, 0.25) is 0 Å². The largest absolute Gasteiger partial charge is 0.504 e. The van der Waals surface area contributed by atoms with Crippen LogP contribution in [-0.4, -0.2) is 31.0 Å². The molecule has 2 aromatic carbocycles. The van der Waals surface area contributed by atoms with Crippen molar-refractivity contribution in [1.82, 2.24) is 5.32 Å². The quantitative estimate of drug-likeness (QED) is 0.648. The second-order valence-electron chi connectivity index (χ2n) is 8.11. The third kappa shape index (κ3) is 5.40. The van der Waals surface area contributed by atoms with Crippen LogP contribution in [0.25, 0.3) is 0 Å². The maximum Gasteiger partial charge on any atom is 0.160 e. The van der Waals surface area contributed by atoms with Crippen LogP contribution < -0.4 is 10.1 Å². The maximum atomic E-state index is 9.73. The number of phenols is 1. The summed E-state index contributed by atoms with van der Waals surface area (Å²) in [7, 11) is 1.57. The Morgan fingerprint density at radius 3 is 2.57 bits per heavy atom. The highest BCUT2D eigenvalue weighted by atomic mass is 35.5. The van der Waals surface area contributed by atoms with Crippen molar-refractivity contribution in [3.05, 3.63) is 59.7 Å². The van der Waals surface area contributed by atoms with E-state index < -0.39 is 0 Å². The van der Waals surface area contributed by atoms with Gasteiger partial charge in [-0.25, -0.2) is 0 Å². The first-order valence-electron chi connectivity index (χ1n) is 9.70. The molecule has 1 aliphatic rings. The van der Waals surface area contributed by atoms with Crippen molar-refractivity contribution < 1.29 is 14.6 Å². The fourth-order valence-electron chi connectivity index (χ4n) is 4.27. The second-order valence-corrected chi connectivity index (χ2v) is 8.11. The van der Waals surface area contributed by atoms with E-state index in [1.807, 2.05) is 12.1 Å². The highest BCUT2D eigenvalue weighted by Crippen LogP contribution is 2.43. The highest BCUT2D eigenvalue weighted by molar-refractivity contribution is 5.85. The zero-order chi connectivity index (χ0) is 19.3. The number of halogens is 1. The molecule has 1 unspecified atom stereocenters. The standard InChI is InChI=1S/C23H31NO3.ClH/c1-22(2)17-23(12-14-27-22,19-7-5-4-6-8-19)11-13-24-16-18-9-10-20(25)21(15-18)26-3;/h4-10,15,24-25H,11-14,16-17H2,1-3H3;1H. The molecule has 28 heavy (non-hydrogen) atoms. The topological polar surface area (TPSA) is 50.7 Å². The lowest BCUT2D eigenvalue weighted by Crippen LogP contribution is -2.45. The van der Waals surface area contributed by atoms with E-state index in [1.165, 1.54) is 5.56 Å². The van der Waals surface area contributed by atoms with Gasteiger partial charge in [-0.1, -0.05) is 36.4 Å². The van der Waals surface area contributed by atoms with E-state index in [9.17, 15) is 5.11 Å². The predicted molar refractivity (Wildman–Crippen MR) is 116 cm³/mol. The van der Waals surface area contributed by atoms with Gasteiger partial charge in [-0.2, -0.15) is 0 Å². The number of ether oxygens (including phenoxy) is 2. The van der Waals surface area contributed by atoms with Gasteiger partial charge in [-0.15, -0.1) is 12.4 Å². The van der Waals surface area contributed by atoms with E-state index in [4.69, 9.17) is 9.47 Å². The van der Waals surface area contributed by atoms with E-state index >= 15 is 0 Å². The molecule has 1 fully saturated rings. The lowest BCUT2D eigenvalue weighted by atomic mass is 9.67. The van der Waals surface area contributed by atoms with E-state index in [2.05, 4.69) is 49.5 Å². The molecule has 2 N–H and O–H groups in total. The van der Waals surface area contributed by atoms with E-state index in [-0.39, 0.29) is 29.2 Å². The third-order valence-electron chi connectivity index (χ3n) is 5.58. The minimum absolute atomic E-state index is 0. The lowest BCUT2D eigenvalue weighted by Gasteiger charge is -2.45. The predicted octanol–water partition coefficient (Wildman–Crippen LogP) is 4.83.